The number of carbonyl (C=O) groups is 2. The van der Waals surface area contributed by atoms with E-state index >= 15 is 0 Å². The zero-order valence-electron chi connectivity index (χ0n) is 13.2. The van der Waals surface area contributed by atoms with Gasteiger partial charge in [0.15, 0.2) is 0 Å². The number of ether oxygens (including phenoxy) is 1. The van der Waals surface area contributed by atoms with Gasteiger partial charge in [-0.2, -0.15) is 0 Å². The van der Waals surface area contributed by atoms with Crippen molar-refractivity contribution in [3.8, 4) is 0 Å². The molecule has 0 radical (unpaired) electrons. The van der Waals surface area contributed by atoms with Crippen molar-refractivity contribution in [2.24, 2.45) is 0 Å². The number of esters is 1. The van der Waals surface area contributed by atoms with Crippen LogP contribution in [-0.4, -0.2) is 51.1 Å². The molecule has 1 aliphatic rings. The highest BCUT2D eigenvalue weighted by Crippen LogP contribution is 2.22. The first-order valence-corrected chi connectivity index (χ1v) is 8.66. The Bertz CT molecular complexity index is 835. The maximum absolute atomic E-state index is 12.4. The minimum atomic E-state index is -0.543. The van der Waals surface area contributed by atoms with Crippen molar-refractivity contribution < 1.29 is 14.3 Å². The number of aromatic nitrogens is 2. The van der Waals surface area contributed by atoms with Crippen LogP contribution in [0.2, 0.25) is 0 Å². The number of thioether (sulfide) groups is 1. The van der Waals surface area contributed by atoms with Crippen molar-refractivity contribution >= 4 is 34.5 Å². The van der Waals surface area contributed by atoms with E-state index in [1.54, 1.807) is 18.2 Å². The van der Waals surface area contributed by atoms with Crippen LogP contribution in [0.5, 0.6) is 0 Å². The molecule has 1 aromatic carbocycles. The molecule has 1 aliphatic heterocycles. The molecular weight excluding hydrogens is 330 g/mol. The van der Waals surface area contributed by atoms with Gasteiger partial charge < -0.3 is 9.64 Å². The summed E-state index contributed by atoms with van der Waals surface area (Å²) in [4.78, 5) is 42.2. The number of rotatable bonds is 4. The van der Waals surface area contributed by atoms with Crippen LogP contribution in [-0.2, 0) is 20.9 Å². The third-order valence-electron chi connectivity index (χ3n) is 3.97. The summed E-state index contributed by atoms with van der Waals surface area (Å²) in [5.74, 6) is 0.424. The van der Waals surface area contributed by atoms with Crippen LogP contribution in [0.1, 0.15) is 6.42 Å². The van der Waals surface area contributed by atoms with E-state index in [1.807, 2.05) is 6.07 Å². The summed E-state index contributed by atoms with van der Waals surface area (Å²) in [6, 6.07) is 6.55. The zero-order valence-corrected chi connectivity index (χ0v) is 14.0. The molecule has 0 N–H and O–H groups in total. The molecule has 1 saturated heterocycles. The SMILES string of the molecule is COC(=O)[C@@H]1CSCN1C(=O)CCn1cnc2ccccc2c1=O. The van der Waals surface area contributed by atoms with Crippen molar-refractivity contribution in [2.45, 2.75) is 19.0 Å². The number of benzene rings is 1. The Morgan fingerprint density at radius 2 is 2.17 bits per heavy atom. The number of aryl methyl sites for hydroxylation is 1. The molecule has 0 unspecified atom stereocenters. The smallest absolute Gasteiger partial charge is 0.329 e. The predicted octanol–water partition coefficient (Wildman–Crippen LogP) is 0.861. The molecule has 8 heteroatoms. The molecule has 0 spiro atoms. The average molecular weight is 347 g/mol. The Morgan fingerprint density at radius 3 is 2.96 bits per heavy atom. The van der Waals surface area contributed by atoms with E-state index in [4.69, 9.17) is 4.74 Å². The zero-order chi connectivity index (χ0) is 17.1. The van der Waals surface area contributed by atoms with Gasteiger partial charge >= 0.3 is 5.97 Å². The van der Waals surface area contributed by atoms with Crippen LogP contribution in [0.4, 0.5) is 0 Å². The Morgan fingerprint density at radius 1 is 1.38 bits per heavy atom. The second-order valence-electron chi connectivity index (χ2n) is 5.41. The first-order chi connectivity index (χ1) is 11.6. The number of amides is 1. The monoisotopic (exact) mass is 347 g/mol. The van der Waals surface area contributed by atoms with Gasteiger partial charge in [-0.1, -0.05) is 12.1 Å². The second kappa shape index (κ2) is 7.04. The summed E-state index contributed by atoms with van der Waals surface area (Å²) in [6.07, 6.45) is 1.59. The first kappa shape index (κ1) is 16.5. The third kappa shape index (κ3) is 3.14. The van der Waals surface area contributed by atoms with Gasteiger partial charge in [0, 0.05) is 18.7 Å². The van der Waals surface area contributed by atoms with E-state index in [0.717, 1.165) is 0 Å². The summed E-state index contributed by atoms with van der Waals surface area (Å²) in [5.41, 5.74) is 0.459. The lowest BCUT2D eigenvalue weighted by molar-refractivity contribution is -0.150. The van der Waals surface area contributed by atoms with Crippen LogP contribution in [0.15, 0.2) is 35.4 Å². The molecule has 1 atom stereocenters. The lowest BCUT2D eigenvalue weighted by Crippen LogP contribution is -2.42. The molecule has 2 aromatic rings. The van der Waals surface area contributed by atoms with Crippen molar-refractivity contribution in [3.63, 3.8) is 0 Å². The Labute approximate surface area is 142 Å². The standard InChI is InChI=1S/C16H17N3O4S/c1-23-16(22)13-8-24-10-19(13)14(20)6-7-18-9-17-12-5-3-2-4-11(12)15(18)21/h2-5,9,13H,6-8,10H2,1H3/t13-/m0/s1. The summed E-state index contributed by atoms with van der Waals surface area (Å²) < 4.78 is 6.16. The van der Waals surface area contributed by atoms with Crippen LogP contribution in [0, 0.1) is 0 Å². The molecule has 1 fully saturated rings. The van der Waals surface area contributed by atoms with Gasteiger partial charge in [-0.25, -0.2) is 9.78 Å². The minimum absolute atomic E-state index is 0.133. The number of methoxy groups -OCH3 is 1. The highest BCUT2D eigenvalue weighted by Gasteiger charge is 2.35. The summed E-state index contributed by atoms with van der Waals surface area (Å²) >= 11 is 1.51. The van der Waals surface area contributed by atoms with Crippen molar-refractivity contribution in [2.75, 3.05) is 18.7 Å². The number of para-hydroxylation sites is 1. The third-order valence-corrected chi connectivity index (χ3v) is 4.99. The topological polar surface area (TPSA) is 81.5 Å². The van der Waals surface area contributed by atoms with Gasteiger partial charge in [0.25, 0.3) is 5.56 Å². The summed E-state index contributed by atoms with van der Waals surface area (Å²) in [7, 11) is 1.31. The summed E-state index contributed by atoms with van der Waals surface area (Å²) in [5, 5.41) is 0.525. The molecule has 3 rings (SSSR count). The molecular formula is C16H17N3O4S. The fourth-order valence-corrected chi connectivity index (χ4v) is 3.81. The minimum Gasteiger partial charge on any atom is -0.467 e. The quantitative estimate of drug-likeness (QED) is 0.763. The Hall–Kier alpha value is -2.35. The maximum Gasteiger partial charge on any atom is 0.329 e. The van der Waals surface area contributed by atoms with E-state index in [0.29, 0.717) is 22.5 Å². The average Bonchev–Trinajstić information content (AvgIpc) is 3.10. The molecule has 126 valence electrons. The van der Waals surface area contributed by atoms with E-state index in [-0.39, 0.29) is 24.4 Å². The Kier molecular flexibility index (Phi) is 4.84. The van der Waals surface area contributed by atoms with Crippen molar-refractivity contribution in [1.29, 1.82) is 0 Å². The van der Waals surface area contributed by atoms with Gasteiger partial charge in [0.05, 0.1) is 30.2 Å². The van der Waals surface area contributed by atoms with E-state index in [1.165, 1.54) is 34.7 Å². The normalized spacial score (nSPS) is 17.2. The number of fused-ring (bicyclic) bond motifs is 1. The predicted molar refractivity (Wildman–Crippen MR) is 90.6 cm³/mol. The molecule has 1 aromatic heterocycles. The number of hydrogen-bond donors (Lipinski definition) is 0. The van der Waals surface area contributed by atoms with Crippen molar-refractivity contribution in [3.05, 3.63) is 40.9 Å². The fourth-order valence-electron chi connectivity index (χ4n) is 2.64. The molecule has 24 heavy (non-hydrogen) atoms. The van der Waals surface area contributed by atoms with Gasteiger partial charge in [-0.05, 0) is 12.1 Å². The second-order valence-corrected chi connectivity index (χ2v) is 6.41. The number of carbonyl (C=O) groups excluding carboxylic acids is 2. The van der Waals surface area contributed by atoms with Crippen LogP contribution in [0.25, 0.3) is 10.9 Å². The van der Waals surface area contributed by atoms with Gasteiger partial charge in [0.2, 0.25) is 5.91 Å². The highest BCUT2D eigenvalue weighted by molar-refractivity contribution is 7.99. The van der Waals surface area contributed by atoms with E-state index in [2.05, 4.69) is 4.98 Å². The van der Waals surface area contributed by atoms with E-state index < -0.39 is 12.0 Å². The molecule has 0 saturated carbocycles. The van der Waals surface area contributed by atoms with Gasteiger partial charge in [-0.15, -0.1) is 11.8 Å². The molecule has 7 nitrogen and oxygen atoms in total. The van der Waals surface area contributed by atoms with Crippen LogP contribution in [0.3, 0.4) is 0 Å². The van der Waals surface area contributed by atoms with E-state index in [9.17, 15) is 14.4 Å². The first-order valence-electron chi connectivity index (χ1n) is 7.51. The van der Waals surface area contributed by atoms with Gasteiger partial charge in [0.1, 0.15) is 6.04 Å². The Balaban J connectivity index is 1.72. The van der Waals surface area contributed by atoms with Crippen LogP contribution >= 0.6 is 11.8 Å². The molecule has 0 bridgehead atoms. The van der Waals surface area contributed by atoms with Crippen molar-refractivity contribution in [1.82, 2.24) is 14.5 Å². The largest absolute Gasteiger partial charge is 0.467 e. The molecule has 0 aliphatic carbocycles. The van der Waals surface area contributed by atoms with Gasteiger partial charge in [-0.3, -0.25) is 14.2 Å². The highest BCUT2D eigenvalue weighted by atomic mass is 32.2. The lowest BCUT2D eigenvalue weighted by Gasteiger charge is -2.21. The van der Waals surface area contributed by atoms with Crippen LogP contribution < -0.4 is 5.56 Å². The maximum atomic E-state index is 12.4. The summed E-state index contributed by atoms with van der Waals surface area (Å²) in [6.45, 7) is 0.227. The lowest BCUT2D eigenvalue weighted by atomic mass is 10.2. The number of nitrogens with zero attached hydrogens (tertiary/aromatic N) is 3. The fraction of sp³-hybridized carbons (Fsp3) is 0.375. The number of hydrogen-bond acceptors (Lipinski definition) is 6. The molecule has 2 heterocycles. The molecule has 1 amide bonds.